The molecule has 1 aromatic heterocycles. The maximum Gasteiger partial charge on any atom is 0.113 e. The van der Waals surface area contributed by atoms with Crippen LogP contribution in [-0.4, -0.2) is 61.2 Å². The molecule has 0 spiro atoms. The van der Waals surface area contributed by atoms with Gasteiger partial charge in [0.25, 0.3) is 0 Å². The average molecular weight is 335 g/mol. The van der Waals surface area contributed by atoms with E-state index in [1.54, 1.807) is 4.68 Å². The maximum atomic E-state index is 5.68. The molecule has 4 N–H and O–H groups in total. The van der Waals surface area contributed by atoms with E-state index < -0.39 is 0 Å². The average Bonchev–Trinajstić information content (AvgIpc) is 3.06. The molecular formula is C16H25N5O3. The summed E-state index contributed by atoms with van der Waals surface area (Å²) in [4.78, 5) is 0. The van der Waals surface area contributed by atoms with Gasteiger partial charge in [-0.25, -0.2) is 4.68 Å². The topological polar surface area (TPSA) is 110 Å². The number of nitrogens with two attached hydrogens (primary N) is 2. The van der Waals surface area contributed by atoms with Crippen LogP contribution >= 0.6 is 0 Å². The smallest absolute Gasteiger partial charge is 0.113 e. The van der Waals surface area contributed by atoms with Crippen LogP contribution in [0.5, 0.6) is 0 Å². The van der Waals surface area contributed by atoms with E-state index in [2.05, 4.69) is 10.3 Å². The number of nitrogens with zero attached hydrogens (tertiary/aromatic N) is 3. The quantitative estimate of drug-likeness (QED) is 0.430. The van der Waals surface area contributed by atoms with Crippen molar-refractivity contribution in [2.75, 3.05) is 51.9 Å². The monoisotopic (exact) mass is 335 g/mol. The number of hydrogen-bond acceptors (Lipinski definition) is 7. The van der Waals surface area contributed by atoms with E-state index in [1.165, 1.54) is 0 Å². The molecule has 2 aromatic rings. The highest BCUT2D eigenvalue weighted by atomic mass is 16.5. The maximum absolute atomic E-state index is 5.68. The normalized spacial score (nSPS) is 11.0. The molecule has 2 rings (SSSR count). The van der Waals surface area contributed by atoms with Gasteiger partial charge in [0.2, 0.25) is 0 Å². The highest BCUT2D eigenvalue weighted by Gasteiger charge is 2.03. The molecule has 0 fully saturated rings. The van der Waals surface area contributed by atoms with E-state index in [4.69, 9.17) is 25.7 Å². The Morgan fingerprint density at radius 1 is 0.875 bits per heavy atom. The molecule has 0 atom stereocenters. The number of benzene rings is 1. The first-order chi connectivity index (χ1) is 11.8. The Morgan fingerprint density at radius 3 is 2.17 bits per heavy atom. The fourth-order valence-corrected chi connectivity index (χ4v) is 1.98. The van der Waals surface area contributed by atoms with Gasteiger partial charge in [-0.05, 0) is 12.1 Å². The van der Waals surface area contributed by atoms with Gasteiger partial charge in [0.15, 0.2) is 0 Å². The van der Waals surface area contributed by atoms with E-state index >= 15 is 0 Å². The van der Waals surface area contributed by atoms with E-state index in [-0.39, 0.29) is 0 Å². The minimum atomic E-state index is 0.533. The van der Waals surface area contributed by atoms with Gasteiger partial charge in [0.05, 0.1) is 52.4 Å². The first kappa shape index (κ1) is 18.3. The Balaban J connectivity index is 1.56. The molecule has 0 aliphatic carbocycles. The van der Waals surface area contributed by atoms with Crippen LogP contribution in [0.3, 0.4) is 0 Å². The second-order valence-corrected chi connectivity index (χ2v) is 5.11. The lowest BCUT2D eigenvalue weighted by Crippen LogP contribution is -2.14. The summed E-state index contributed by atoms with van der Waals surface area (Å²) in [6, 6.07) is 7.54. The summed E-state index contributed by atoms with van der Waals surface area (Å²) in [5.74, 6) is 0. The zero-order valence-electron chi connectivity index (χ0n) is 13.8. The lowest BCUT2D eigenvalue weighted by Gasteiger charge is -2.06. The van der Waals surface area contributed by atoms with Crippen molar-refractivity contribution in [3.8, 4) is 11.3 Å². The fraction of sp³-hybridized carbons (Fsp3) is 0.500. The predicted octanol–water partition coefficient (Wildman–Crippen LogP) is 0.536. The molecule has 1 aromatic carbocycles. The molecule has 8 nitrogen and oxygen atoms in total. The van der Waals surface area contributed by atoms with Gasteiger partial charge < -0.3 is 25.7 Å². The van der Waals surface area contributed by atoms with Crippen molar-refractivity contribution >= 4 is 5.69 Å². The SMILES string of the molecule is NCCOCCOCCOCCn1cc(-c2ccc(N)cc2)nn1. The van der Waals surface area contributed by atoms with Crippen molar-refractivity contribution in [3.63, 3.8) is 0 Å². The molecule has 0 radical (unpaired) electrons. The Bertz CT molecular complexity index is 573. The fourth-order valence-electron chi connectivity index (χ4n) is 1.98. The standard InChI is InChI=1S/C16H25N5O3/c17-5-7-22-9-11-24-12-10-23-8-6-21-13-16(19-20-21)14-1-3-15(18)4-2-14/h1-4,13H,5-12,17-18H2. The van der Waals surface area contributed by atoms with E-state index in [0.717, 1.165) is 16.9 Å². The van der Waals surface area contributed by atoms with Crippen molar-refractivity contribution in [1.82, 2.24) is 15.0 Å². The highest BCUT2D eigenvalue weighted by molar-refractivity contribution is 5.60. The summed E-state index contributed by atoms with van der Waals surface area (Å²) >= 11 is 0. The third kappa shape index (κ3) is 6.63. The van der Waals surface area contributed by atoms with Crippen LogP contribution < -0.4 is 11.5 Å². The molecular weight excluding hydrogens is 310 g/mol. The number of anilines is 1. The lowest BCUT2D eigenvalue weighted by molar-refractivity contribution is 0.0141. The van der Waals surface area contributed by atoms with Crippen LogP contribution in [0.2, 0.25) is 0 Å². The van der Waals surface area contributed by atoms with Crippen LogP contribution in [0.25, 0.3) is 11.3 Å². The van der Waals surface area contributed by atoms with Crippen LogP contribution in [-0.2, 0) is 20.8 Å². The van der Waals surface area contributed by atoms with Crippen LogP contribution in [0, 0.1) is 0 Å². The van der Waals surface area contributed by atoms with Gasteiger partial charge in [-0.1, -0.05) is 17.3 Å². The zero-order chi connectivity index (χ0) is 17.0. The lowest BCUT2D eigenvalue weighted by atomic mass is 10.1. The molecule has 132 valence electrons. The zero-order valence-corrected chi connectivity index (χ0v) is 13.8. The van der Waals surface area contributed by atoms with Gasteiger partial charge in [-0.3, -0.25) is 0 Å². The predicted molar refractivity (Wildman–Crippen MR) is 91.4 cm³/mol. The van der Waals surface area contributed by atoms with E-state index in [1.807, 2.05) is 30.5 Å². The van der Waals surface area contributed by atoms with Crippen molar-refractivity contribution < 1.29 is 14.2 Å². The Labute approximate surface area is 141 Å². The molecule has 0 unspecified atom stereocenters. The van der Waals surface area contributed by atoms with Gasteiger partial charge in [-0.2, -0.15) is 0 Å². The minimum Gasteiger partial charge on any atom is -0.399 e. The molecule has 0 bridgehead atoms. The van der Waals surface area contributed by atoms with Gasteiger partial charge >= 0.3 is 0 Å². The minimum absolute atomic E-state index is 0.533. The number of aromatic nitrogens is 3. The van der Waals surface area contributed by atoms with Gasteiger partial charge in [0, 0.05) is 17.8 Å². The second kappa shape index (κ2) is 10.7. The third-order valence-corrected chi connectivity index (χ3v) is 3.22. The van der Waals surface area contributed by atoms with Crippen molar-refractivity contribution in [1.29, 1.82) is 0 Å². The van der Waals surface area contributed by atoms with Crippen molar-refractivity contribution in [2.45, 2.75) is 6.54 Å². The van der Waals surface area contributed by atoms with Crippen LogP contribution in [0.15, 0.2) is 30.5 Å². The van der Waals surface area contributed by atoms with Gasteiger partial charge in [-0.15, -0.1) is 5.10 Å². The van der Waals surface area contributed by atoms with Crippen LogP contribution in [0.4, 0.5) is 5.69 Å². The molecule has 24 heavy (non-hydrogen) atoms. The summed E-state index contributed by atoms with van der Waals surface area (Å²) in [7, 11) is 0. The summed E-state index contributed by atoms with van der Waals surface area (Å²) in [6.45, 7) is 4.48. The van der Waals surface area contributed by atoms with Crippen LogP contribution in [0.1, 0.15) is 0 Å². The number of nitrogen functional groups attached to an aromatic ring is 1. The first-order valence-corrected chi connectivity index (χ1v) is 7.99. The summed E-state index contributed by atoms with van der Waals surface area (Å²) in [5, 5.41) is 8.24. The molecule has 0 amide bonds. The van der Waals surface area contributed by atoms with Crippen molar-refractivity contribution in [2.24, 2.45) is 5.73 Å². The Hall–Kier alpha value is -2.00. The molecule has 0 aliphatic heterocycles. The molecule has 8 heteroatoms. The highest BCUT2D eigenvalue weighted by Crippen LogP contribution is 2.17. The number of hydrogen-bond donors (Lipinski definition) is 2. The first-order valence-electron chi connectivity index (χ1n) is 7.99. The Kier molecular flexibility index (Phi) is 8.19. The van der Waals surface area contributed by atoms with E-state index in [9.17, 15) is 0 Å². The Morgan fingerprint density at radius 2 is 1.50 bits per heavy atom. The number of ether oxygens (including phenoxy) is 3. The molecule has 0 aliphatic rings. The molecule has 0 saturated heterocycles. The second-order valence-electron chi connectivity index (χ2n) is 5.11. The molecule has 1 heterocycles. The summed E-state index contributed by atoms with van der Waals surface area (Å²) in [6.07, 6.45) is 1.89. The third-order valence-electron chi connectivity index (χ3n) is 3.22. The molecule has 0 saturated carbocycles. The number of rotatable bonds is 12. The summed E-state index contributed by atoms with van der Waals surface area (Å²) in [5.41, 5.74) is 13.5. The van der Waals surface area contributed by atoms with Crippen molar-refractivity contribution in [3.05, 3.63) is 30.5 Å². The summed E-state index contributed by atoms with van der Waals surface area (Å²) < 4.78 is 17.8. The van der Waals surface area contributed by atoms with Gasteiger partial charge in [0.1, 0.15) is 5.69 Å². The largest absolute Gasteiger partial charge is 0.399 e. The van der Waals surface area contributed by atoms with E-state index in [0.29, 0.717) is 52.7 Å².